The van der Waals surface area contributed by atoms with Gasteiger partial charge in [-0.15, -0.1) is 0 Å². The van der Waals surface area contributed by atoms with Crippen LogP contribution >= 0.6 is 0 Å². The van der Waals surface area contributed by atoms with Gasteiger partial charge in [-0.3, -0.25) is 15.5 Å². The van der Waals surface area contributed by atoms with Gasteiger partial charge >= 0.3 is 0 Å². The smallest absolute Gasteiger partial charge is 0.279 e. The number of nitrogens with zero attached hydrogens (tertiary/aromatic N) is 1. The molecule has 0 spiro atoms. The minimum absolute atomic E-state index is 0.00343. The predicted octanol–water partition coefficient (Wildman–Crippen LogP) is 2.99. The molecule has 4 nitrogen and oxygen atoms in total. The molecule has 0 saturated carbocycles. The Hall–Kier alpha value is -2.49. The average Bonchev–Trinajstić information content (AvgIpc) is 2.64. The van der Waals surface area contributed by atoms with Crippen molar-refractivity contribution in [2.75, 3.05) is 0 Å². The predicted molar refractivity (Wildman–Crippen MR) is 64.5 cm³/mol. The van der Waals surface area contributed by atoms with E-state index in [0.29, 0.717) is 5.56 Å². The van der Waals surface area contributed by atoms with E-state index in [9.17, 15) is 10.1 Å². The van der Waals surface area contributed by atoms with Gasteiger partial charge in [0.2, 0.25) is 0 Å². The SMILES string of the molecule is N=C1c2ccccc2-c2cccc([N+](=O)[O-])c21. The highest BCUT2D eigenvalue weighted by atomic mass is 16.6. The zero-order chi connectivity index (χ0) is 12.0. The van der Waals surface area contributed by atoms with E-state index < -0.39 is 4.92 Å². The fourth-order valence-electron chi connectivity index (χ4n) is 2.25. The number of benzene rings is 2. The van der Waals surface area contributed by atoms with Crippen molar-refractivity contribution in [2.45, 2.75) is 0 Å². The molecule has 0 saturated heterocycles. The number of nitro benzene ring substituents is 1. The van der Waals surface area contributed by atoms with Crippen molar-refractivity contribution in [1.29, 1.82) is 5.41 Å². The molecule has 3 rings (SSSR count). The molecular weight excluding hydrogens is 216 g/mol. The molecular formula is C13H8N2O2. The molecule has 2 aromatic rings. The van der Waals surface area contributed by atoms with Crippen molar-refractivity contribution in [1.82, 2.24) is 0 Å². The molecule has 4 heteroatoms. The summed E-state index contributed by atoms with van der Waals surface area (Å²) in [5, 5.41) is 19.0. The third kappa shape index (κ3) is 1.21. The molecule has 82 valence electrons. The van der Waals surface area contributed by atoms with E-state index in [2.05, 4.69) is 0 Å². The molecule has 0 fully saturated rings. The average molecular weight is 224 g/mol. The summed E-state index contributed by atoms with van der Waals surface area (Å²) in [5.41, 5.74) is 3.11. The Bertz CT molecular complexity index is 662. The quantitative estimate of drug-likeness (QED) is 0.510. The highest BCUT2D eigenvalue weighted by Crippen LogP contribution is 2.40. The van der Waals surface area contributed by atoms with Crippen molar-refractivity contribution in [3.63, 3.8) is 0 Å². The highest BCUT2D eigenvalue weighted by molar-refractivity contribution is 6.25. The summed E-state index contributed by atoms with van der Waals surface area (Å²) in [6.45, 7) is 0. The maximum atomic E-state index is 11.0. The normalized spacial score (nSPS) is 12.1. The summed E-state index contributed by atoms with van der Waals surface area (Å²) in [6, 6.07) is 12.3. The molecule has 1 N–H and O–H groups in total. The third-order valence-electron chi connectivity index (χ3n) is 2.98. The van der Waals surface area contributed by atoms with Gasteiger partial charge in [0.1, 0.15) is 0 Å². The topological polar surface area (TPSA) is 67.0 Å². The largest absolute Gasteiger partial charge is 0.299 e. The van der Waals surface area contributed by atoms with Crippen molar-refractivity contribution in [3.05, 3.63) is 63.7 Å². The fraction of sp³-hybridized carbons (Fsp3) is 0. The van der Waals surface area contributed by atoms with Crippen molar-refractivity contribution in [3.8, 4) is 11.1 Å². The maximum absolute atomic E-state index is 11.0. The van der Waals surface area contributed by atoms with E-state index in [1.807, 2.05) is 30.3 Å². The van der Waals surface area contributed by atoms with Crippen LogP contribution in [0.3, 0.4) is 0 Å². The Labute approximate surface area is 97.2 Å². The first-order valence-electron chi connectivity index (χ1n) is 5.16. The van der Waals surface area contributed by atoms with E-state index in [4.69, 9.17) is 5.41 Å². The Morgan fingerprint density at radius 1 is 0.941 bits per heavy atom. The van der Waals surface area contributed by atoms with Gasteiger partial charge in [0.25, 0.3) is 5.69 Å². The van der Waals surface area contributed by atoms with Crippen molar-refractivity contribution in [2.24, 2.45) is 0 Å². The summed E-state index contributed by atoms with van der Waals surface area (Å²) in [6.07, 6.45) is 0. The lowest BCUT2D eigenvalue weighted by Gasteiger charge is -2.00. The summed E-state index contributed by atoms with van der Waals surface area (Å²) >= 11 is 0. The standard InChI is InChI=1S/C13H8N2O2/c14-13-10-5-2-1-4-8(10)9-6-3-7-11(12(9)13)15(16)17/h1-7,14H. The molecule has 0 bridgehead atoms. The van der Waals surface area contributed by atoms with Crippen molar-refractivity contribution < 1.29 is 4.92 Å². The number of nitro groups is 1. The first-order valence-corrected chi connectivity index (χ1v) is 5.16. The molecule has 0 aliphatic heterocycles. The van der Waals surface area contributed by atoms with Gasteiger partial charge in [0.05, 0.1) is 16.2 Å². The molecule has 0 amide bonds. The van der Waals surface area contributed by atoms with E-state index in [1.54, 1.807) is 6.07 Å². The Kier molecular flexibility index (Phi) is 1.86. The lowest BCUT2D eigenvalue weighted by molar-refractivity contribution is -0.385. The van der Waals surface area contributed by atoms with E-state index in [-0.39, 0.29) is 11.4 Å². The Morgan fingerprint density at radius 2 is 1.59 bits per heavy atom. The minimum Gasteiger partial charge on any atom is -0.299 e. The van der Waals surface area contributed by atoms with Crippen LogP contribution in [-0.2, 0) is 0 Å². The lowest BCUT2D eigenvalue weighted by atomic mass is 10.1. The van der Waals surface area contributed by atoms with E-state index >= 15 is 0 Å². The van der Waals surface area contributed by atoms with Crippen LogP contribution in [0.4, 0.5) is 5.69 Å². The van der Waals surface area contributed by atoms with Crippen LogP contribution < -0.4 is 0 Å². The number of fused-ring (bicyclic) bond motifs is 3. The number of hydrogen-bond acceptors (Lipinski definition) is 3. The number of hydrogen-bond donors (Lipinski definition) is 1. The zero-order valence-electron chi connectivity index (χ0n) is 8.81. The van der Waals surface area contributed by atoms with Crippen LogP contribution in [0.5, 0.6) is 0 Å². The molecule has 0 atom stereocenters. The second-order valence-corrected chi connectivity index (χ2v) is 3.88. The van der Waals surface area contributed by atoms with Gasteiger partial charge in [-0.2, -0.15) is 0 Å². The summed E-state index contributed by atoms with van der Waals surface area (Å²) in [4.78, 5) is 10.5. The maximum Gasteiger partial charge on any atom is 0.279 e. The van der Waals surface area contributed by atoms with Crippen LogP contribution in [0.15, 0.2) is 42.5 Å². The van der Waals surface area contributed by atoms with Crippen molar-refractivity contribution >= 4 is 11.4 Å². The number of nitrogens with one attached hydrogen (secondary N) is 1. The molecule has 1 aliphatic rings. The van der Waals surface area contributed by atoms with Gasteiger partial charge in [-0.05, 0) is 11.1 Å². The first-order chi connectivity index (χ1) is 8.20. The summed E-state index contributed by atoms with van der Waals surface area (Å²) in [7, 11) is 0. The lowest BCUT2D eigenvalue weighted by Crippen LogP contribution is -2.00. The monoisotopic (exact) mass is 224 g/mol. The van der Waals surface area contributed by atoms with Crippen LogP contribution in [-0.4, -0.2) is 10.6 Å². The van der Waals surface area contributed by atoms with Crippen LogP contribution in [0.25, 0.3) is 11.1 Å². The Balaban J connectivity index is 2.38. The first kappa shape index (κ1) is 9.72. The molecule has 1 aliphatic carbocycles. The van der Waals surface area contributed by atoms with Crippen LogP contribution in [0, 0.1) is 15.5 Å². The van der Waals surface area contributed by atoms with E-state index in [0.717, 1.165) is 16.7 Å². The summed E-state index contributed by atoms with van der Waals surface area (Å²) in [5.74, 6) is 0. The second-order valence-electron chi connectivity index (χ2n) is 3.88. The van der Waals surface area contributed by atoms with E-state index in [1.165, 1.54) is 6.07 Å². The molecule has 0 heterocycles. The molecule has 17 heavy (non-hydrogen) atoms. The van der Waals surface area contributed by atoms with Gasteiger partial charge in [0, 0.05) is 11.6 Å². The number of rotatable bonds is 1. The molecule has 0 radical (unpaired) electrons. The molecule has 2 aromatic carbocycles. The Morgan fingerprint density at radius 3 is 2.29 bits per heavy atom. The third-order valence-corrected chi connectivity index (χ3v) is 2.98. The minimum atomic E-state index is -0.431. The molecule has 0 unspecified atom stereocenters. The van der Waals surface area contributed by atoms with Gasteiger partial charge in [-0.25, -0.2) is 0 Å². The van der Waals surface area contributed by atoms with Gasteiger partial charge < -0.3 is 0 Å². The fourth-order valence-corrected chi connectivity index (χ4v) is 2.25. The second kappa shape index (κ2) is 3.25. The zero-order valence-corrected chi connectivity index (χ0v) is 8.81. The van der Waals surface area contributed by atoms with Crippen LogP contribution in [0.2, 0.25) is 0 Å². The molecule has 0 aromatic heterocycles. The van der Waals surface area contributed by atoms with Gasteiger partial charge in [-0.1, -0.05) is 36.4 Å². The van der Waals surface area contributed by atoms with Crippen LogP contribution in [0.1, 0.15) is 11.1 Å². The van der Waals surface area contributed by atoms with Gasteiger partial charge in [0.15, 0.2) is 0 Å². The highest BCUT2D eigenvalue weighted by Gasteiger charge is 2.30. The summed E-state index contributed by atoms with van der Waals surface area (Å²) < 4.78 is 0.